The average Bonchev–Trinajstić information content (AvgIpc) is 3.43. The number of nitrogens with zero attached hydrogens (tertiary/aromatic N) is 1. The van der Waals surface area contributed by atoms with Crippen LogP contribution in [-0.2, 0) is 21.2 Å². The number of piperidine rings is 1. The molecule has 6 nitrogen and oxygen atoms in total. The van der Waals surface area contributed by atoms with Gasteiger partial charge in [0.2, 0.25) is 15.9 Å². The summed E-state index contributed by atoms with van der Waals surface area (Å²) in [5, 5.41) is 3.31. The van der Waals surface area contributed by atoms with Gasteiger partial charge in [0.15, 0.2) is 0 Å². The number of rotatable bonds is 7. The lowest BCUT2D eigenvalue weighted by molar-refractivity contribution is -0.132. The first-order valence-corrected chi connectivity index (χ1v) is 10.5. The molecule has 1 aliphatic heterocycles. The molecule has 1 aromatic carbocycles. The molecule has 1 aromatic rings. The molecule has 2 aliphatic rings. The molecule has 138 valence electrons. The van der Waals surface area contributed by atoms with E-state index in [0.29, 0.717) is 23.8 Å². The molecule has 0 atom stereocenters. The van der Waals surface area contributed by atoms with Crippen LogP contribution in [0.3, 0.4) is 0 Å². The predicted octanol–water partition coefficient (Wildman–Crippen LogP) is 1.27. The van der Waals surface area contributed by atoms with Crippen molar-refractivity contribution >= 4 is 15.9 Å². The number of benzene rings is 1. The minimum Gasteiger partial charge on any atom is -0.343 e. The lowest BCUT2D eigenvalue weighted by Gasteiger charge is -2.31. The van der Waals surface area contributed by atoms with Crippen LogP contribution in [0.2, 0.25) is 0 Å². The van der Waals surface area contributed by atoms with Crippen LogP contribution in [0.25, 0.3) is 0 Å². The Morgan fingerprint density at radius 1 is 1.16 bits per heavy atom. The van der Waals surface area contributed by atoms with Gasteiger partial charge in [-0.25, -0.2) is 13.1 Å². The number of sulfonamides is 1. The summed E-state index contributed by atoms with van der Waals surface area (Å²) in [6, 6.07) is 7.29. The maximum atomic E-state index is 12.4. The zero-order chi connectivity index (χ0) is 17.9. The van der Waals surface area contributed by atoms with Crippen molar-refractivity contribution in [3.8, 4) is 0 Å². The Bertz CT molecular complexity index is 693. The van der Waals surface area contributed by atoms with E-state index in [4.69, 9.17) is 0 Å². The van der Waals surface area contributed by atoms with Crippen LogP contribution in [-0.4, -0.2) is 51.4 Å². The highest BCUT2D eigenvalue weighted by molar-refractivity contribution is 7.89. The molecule has 2 fully saturated rings. The van der Waals surface area contributed by atoms with Crippen molar-refractivity contribution in [3.05, 3.63) is 29.8 Å². The van der Waals surface area contributed by atoms with Crippen LogP contribution in [0.4, 0.5) is 0 Å². The van der Waals surface area contributed by atoms with Gasteiger partial charge in [-0.05, 0) is 62.9 Å². The maximum Gasteiger partial charge on any atom is 0.240 e. The van der Waals surface area contributed by atoms with Crippen molar-refractivity contribution in [3.63, 3.8) is 0 Å². The molecule has 3 rings (SSSR count). The molecule has 1 saturated carbocycles. The Morgan fingerprint density at radius 3 is 2.40 bits per heavy atom. The SMILES string of the molecule is CN(C(=O)CCc1ccc(S(=O)(=O)NC2CC2)cc1)C1CCNCC1. The summed E-state index contributed by atoms with van der Waals surface area (Å²) < 4.78 is 27.0. The summed E-state index contributed by atoms with van der Waals surface area (Å²) >= 11 is 0. The van der Waals surface area contributed by atoms with Gasteiger partial charge >= 0.3 is 0 Å². The summed E-state index contributed by atoms with van der Waals surface area (Å²) in [5.41, 5.74) is 0.984. The Morgan fingerprint density at radius 2 is 1.80 bits per heavy atom. The van der Waals surface area contributed by atoms with Crippen LogP contribution in [0.15, 0.2) is 29.2 Å². The first-order chi connectivity index (χ1) is 12.0. The highest BCUT2D eigenvalue weighted by atomic mass is 32.2. The van der Waals surface area contributed by atoms with E-state index in [0.717, 1.165) is 44.3 Å². The molecule has 0 aromatic heterocycles. The number of carbonyl (C=O) groups excluding carboxylic acids is 1. The summed E-state index contributed by atoms with van der Waals surface area (Å²) in [7, 11) is -1.52. The predicted molar refractivity (Wildman–Crippen MR) is 96.8 cm³/mol. The van der Waals surface area contributed by atoms with Crippen molar-refractivity contribution in [2.45, 2.75) is 55.5 Å². The fourth-order valence-corrected chi connectivity index (χ4v) is 4.45. The Balaban J connectivity index is 1.51. The number of carbonyl (C=O) groups is 1. The summed E-state index contributed by atoms with van der Waals surface area (Å²) in [5.74, 6) is 0.152. The van der Waals surface area contributed by atoms with Gasteiger partial charge in [-0.15, -0.1) is 0 Å². The highest BCUT2D eigenvalue weighted by Crippen LogP contribution is 2.22. The van der Waals surface area contributed by atoms with E-state index >= 15 is 0 Å². The van der Waals surface area contributed by atoms with E-state index in [1.807, 2.05) is 11.9 Å². The molecule has 1 heterocycles. The second-order valence-corrected chi connectivity index (χ2v) is 8.74. The lowest BCUT2D eigenvalue weighted by Crippen LogP contribution is -2.44. The van der Waals surface area contributed by atoms with Gasteiger partial charge in [-0.3, -0.25) is 4.79 Å². The molecular formula is C18H27N3O3S. The van der Waals surface area contributed by atoms with E-state index in [1.54, 1.807) is 24.3 Å². The normalized spacial score (nSPS) is 18.9. The van der Waals surface area contributed by atoms with E-state index in [-0.39, 0.29) is 11.9 Å². The number of hydrogen-bond donors (Lipinski definition) is 2. The number of hydrogen-bond acceptors (Lipinski definition) is 4. The molecule has 25 heavy (non-hydrogen) atoms. The standard InChI is InChI=1S/C18H27N3O3S/c1-21(16-10-12-19-13-11-16)18(22)9-4-14-2-7-17(8-3-14)25(23,24)20-15-5-6-15/h2-3,7-8,15-16,19-20H,4-6,9-13H2,1H3. The van der Waals surface area contributed by atoms with E-state index in [1.165, 1.54) is 0 Å². The van der Waals surface area contributed by atoms with Crippen LogP contribution in [0.1, 0.15) is 37.7 Å². The van der Waals surface area contributed by atoms with Crippen LogP contribution < -0.4 is 10.0 Å². The van der Waals surface area contributed by atoms with Gasteiger partial charge in [0.05, 0.1) is 4.90 Å². The van der Waals surface area contributed by atoms with Crippen LogP contribution in [0, 0.1) is 0 Å². The molecule has 1 saturated heterocycles. The van der Waals surface area contributed by atoms with Crippen molar-refractivity contribution in [1.29, 1.82) is 0 Å². The average molecular weight is 365 g/mol. The summed E-state index contributed by atoms with van der Waals surface area (Å²) in [4.78, 5) is 14.5. The molecule has 1 aliphatic carbocycles. The minimum atomic E-state index is -3.40. The molecule has 7 heteroatoms. The molecular weight excluding hydrogens is 338 g/mol. The molecule has 0 bridgehead atoms. The van der Waals surface area contributed by atoms with Gasteiger partial charge in [-0.2, -0.15) is 0 Å². The quantitative estimate of drug-likeness (QED) is 0.763. The third-order valence-electron chi connectivity index (χ3n) is 5.01. The molecule has 0 unspecified atom stereocenters. The largest absolute Gasteiger partial charge is 0.343 e. The number of amides is 1. The van der Waals surface area contributed by atoms with Gasteiger partial charge in [0.1, 0.15) is 0 Å². The van der Waals surface area contributed by atoms with Crippen molar-refractivity contribution in [2.24, 2.45) is 0 Å². The number of nitrogens with one attached hydrogen (secondary N) is 2. The minimum absolute atomic E-state index is 0.104. The second-order valence-electron chi connectivity index (χ2n) is 7.03. The second kappa shape index (κ2) is 7.85. The van der Waals surface area contributed by atoms with Crippen LogP contribution in [0.5, 0.6) is 0 Å². The third kappa shape index (κ3) is 5.03. The molecule has 0 radical (unpaired) electrons. The van der Waals surface area contributed by atoms with E-state index < -0.39 is 10.0 Å². The zero-order valence-electron chi connectivity index (χ0n) is 14.7. The maximum absolute atomic E-state index is 12.4. The Kier molecular flexibility index (Phi) is 5.76. The van der Waals surface area contributed by atoms with Crippen molar-refractivity contribution in [1.82, 2.24) is 14.9 Å². The van der Waals surface area contributed by atoms with Gasteiger partial charge < -0.3 is 10.2 Å². The lowest BCUT2D eigenvalue weighted by atomic mass is 10.0. The summed E-state index contributed by atoms with van der Waals surface area (Å²) in [6.45, 7) is 1.93. The zero-order valence-corrected chi connectivity index (χ0v) is 15.5. The first-order valence-electron chi connectivity index (χ1n) is 9.03. The Hall–Kier alpha value is -1.44. The highest BCUT2D eigenvalue weighted by Gasteiger charge is 2.28. The summed E-state index contributed by atoms with van der Waals surface area (Å²) in [6.07, 6.45) is 4.93. The van der Waals surface area contributed by atoms with Crippen molar-refractivity contribution < 1.29 is 13.2 Å². The van der Waals surface area contributed by atoms with Gasteiger partial charge in [0, 0.05) is 25.6 Å². The molecule has 2 N–H and O–H groups in total. The van der Waals surface area contributed by atoms with Crippen molar-refractivity contribution in [2.75, 3.05) is 20.1 Å². The van der Waals surface area contributed by atoms with Crippen LogP contribution >= 0.6 is 0 Å². The third-order valence-corrected chi connectivity index (χ3v) is 6.55. The topological polar surface area (TPSA) is 78.5 Å². The van der Waals surface area contributed by atoms with Gasteiger partial charge in [-0.1, -0.05) is 12.1 Å². The monoisotopic (exact) mass is 365 g/mol. The van der Waals surface area contributed by atoms with Gasteiger partial charge in [0.25, 0.3) is 0 Å². The molecule has 1 amide bonds. The van der Waals surface area contributed by atoms with E-state index in [2.05, 4.69) is 10.0 Å². The molecule has 0 spiro atoms. The number of aryl methyl sites for hydroxylation is 1. The Labute approximate surface area is 150 Å². The smallest absolute Gasteiger partial charge is 0.240 e. The fraction of sp³-hybridized carbons (Fsp3) is 0.611. The first kappa shape index (κ1) is 18.4. The fourth-order valence-electron chi connectivity index (χ4n) is 3.15. The van der Waals surface area contributed by atoms with E-state index in [9.17, 15) is 13.2 Å².